The van der Waals surface area contributed by atoms with Crippen molar-refractivity contribution in [2.45, 2.75) is 136 Å². The molecule has 0 bridgehead atoms. The smallest absolute Gasteiger partial charge is 0.133 e. The summed E-state index contributed by atoms with van der Waals surface area (Å²) >= 11 is 0. The molecule has 164 valence electrons. The van der Waals surface area contributed by atoms with Gasteiger partial charge < -0.3 is 4.79 Å². The molecule has 0 aliphatic heterocycles. The summed E-state index contributed by atoms with van der Waals surface area (Å²) in [7, 11) is 0. The molecule has 0 radical (unpaired) electrons. The molecule has 0 aromatic carbocycles. The van der Waals surface area contributed by atoms with Crippen LogP contribution in [0.3, 0.4) is 0 Å². The third kappa shape index (κ3) is 18.4. The number of rotatable bonds is 22. The molecule has 3 heteroatoms. The van der Waals surface area contributed by atoms with Gasteiger partial charge in [0, 0.05) is 32.1 Å². The molecule has 0 amide bonds. The van der Waals surface area contributed by atoms with Gasteiger partial charge in [0.25, 0.3) is 0 Å². The number of hydrogen-bond acceptors (Lipinski definition) is 3. The lowest BCUT2D eigenvalue weighted by Gasteiger charge is -2.13. The number of aldehydes is 1. The van der Waals surface area contributed by atoms with E-state index in [9.17, 15) is 14.4 Å². The van der Waals surface area contributed by atoms with Crippen LogP contribution < -0.4 is 0 Å². The monoisotopic (exact) mass is 394 g/mol. The summed E-state index contributed by atoms with van der Waals surface area (Å²) in [4.78, 5) is 35.3. The fourth-order valence-corrected chi connectivity index (χ4v) is 3.78. The predicted molar refractivity (Wildman–Crippen MR) is 119 cm³/mol. The molecule has 0 heterocycles. The summed E-state index contributed by atoms with van der Waals surface area (Å²) in [5.41, 5.74) is 0. The molecule has 0 aromatic rings. The van der Waals surface area contributed by atoms with E-state index in [1.165, 1.54) is 64.2 Å². The standard InChI is InChI=1S/C25H46O3/c1-3-5-7-9-11-13-15-17-24(27)21-23(19-20-26)22-25(28)18-16-14-12-10-8-6-4-2/h20,23H,3-19,21-22H2,1-2H3. The van der Waals surface area contributed by atoms with Gasteiger partial charge in [-0.3, -0.25) is 9.59 Å². The fraction of sp³-hybridized carbons (Fsp3) is 0.880. The molecule has 3 nitrogen and oxygen atoms in total. The van der Waals surface area contributed by atoms with Gasteiger partial charge in [0.2, 0.25) is 0 Å². The Hall–Kier alpha value is -0.990. The van der Waals surface area contributed by atoms with Crippen LogP contribution in [0.1, 0.15) is 136 Å². The number of hydrogen-bond donors (Lipinski definition) is 0. The fourth-order valence-electron chi connectivity index (χ4n) is 3.78. The number of carbonyl (C=O) groups excluding carboxylic acids is 3. The average molecular weight is 395 g/mol. The second-order valence-electron chi connectivity index (χ2n) is 8.50. The molecule has 0 spiro atoms. The predicted octanol–water partition coefficient (Wildman–Crippen LogP) is 7.39. The first-order chi connectivity index (χ1) is 13.6. The van der Waals surface area contributed by atoms with Gasteiger partial charge in [0.1, 0.15) is 17.9 Å². The highest BCUT2D eigenvalue weighted by molar-refractivity contribution is 5.82. The Morgan fingerprint density at radius 1 is 0.607 bits per heavy atom. The summed E-state index contributed by atoms with van der Waals surface area (Å²) < 4.78 is 0. The zero-order chi connectivity index (χ0) is 20.9. The van der Waals surface area contributed by atoms with Crippen LogP contribution in [0.25, 0.3) is 0 Å². The molecule has 0 saturated carbocycles. The van der Waals surface area contributed by atoms with Gasteiger partial charge >= 0.3 is 0 Å². The topological polar surface area (TPSA) is 51.2 Å². The van der Waals surface area contributed by atoms with E-state index in [1.54, 1.807) is 0 Å². The van der Waals surface area contributed by atoms with E-state index >= 15 is 0 Å². The first-order valence-corrected chi connectivity index (χ1v) is 12.1. The van der Waals surface area contributed by atoms with Crippen molar-refractivity contribution in [3.63, 3.8) is 0 Å². The minimum Gasteiger partial charge on any atom is -0.303 e. The van der Waals surface area contributed by atoms with Crippen LogP contribution in [0.5, 0.6) is 0 Å². The molecule has 0 unspecified atom stereocenters. The first-order valence-electron chi connectivity index (χ1n) is 12.1. The second-order valence-corrected chi connectivity index (χ2v) is 8.50. The Balaban J connectivity index is 3.85. The van der Waals surface area contributed by atoms with Crippen LogP contribution in [0, 0.1) is 5.92 Å². The number of Topliss-reactive ketones (excluding diaryl/α,β-unsaturated/α-hetero) is 2. The summed E-state index contributed by atoms with van der Waals surface area (Å²) in [6, 6.07) is 0. The van der Waals surface area contributed by atoms with E-state index in [4.69, 9.17) is 0 Å². The average Bonchev–Trinajstić information content (AvgIpc) is 2.66. The van der Waals surface area contributed by atoms with E-state index in [1.807, 2.05) is 0 Å². The maximum atomic E-state index is 12.2. The van der Waals surface area contributed by atoms with Crippen LogP contribution >= 0.6 is 0 Å². The third-order valence-corrected chi connectivity index (χ3v) is 5.58. The van der Waals surface area contributed by atoms with Gasteiger partial charge in [-0.15, -0.1) is 0 Å². The Morgan fingerprint density at radius 3 is 1.32 bits per heavy atom. The van der Waals surface area contributed by atoms with Gasteiger partial charge in [0.05, 0.1) is 0 Å². The molecule has 28 heavy (non-hydrogen) atoms. The molecule has 0 saturated heterocycles. The van der Waals surface area contributed by atoms with E-state index in [0.29, 0.717) is 32.1 Å². The zero-order valence-electron chi connectivity index (χ0n) is 18.8. The van der Waals surface area contributed by atoms with Crippen molar-refractivity contribution >= 4 is 17.9 Å². The van der Waals surface area contributed by atoms with Gasteiger partial charge in [0.15, 0.2) is 0 Å². The summed E-state index contributed by atoms with van der Waals surface area (Å²) in [5, 5.41) is 0. The molecular weight excluding hydrogens is 348 g/mol. The van der Waals surface area contributed by atoms with Crippen LogP contribution in [-0.2, 0) is 14.4 Å². The maximum Gasteiger partial charge on any atom is 0.133 e. The molecule has 0 fully saturated rings. The maximum absolute atomic E-state index is 12.2. The molecule has 0 aromatic heterocycles. The molecule has 0 rings (SSSR count). The number of unbranched alkanes of at least 4 members (excludes halogenated alkanes) is 12. The van der Waals surface area contributed by atoms with Crippen molar-refractivity contribution in [2.75, 3.05) is 0 Å². The quantitative estimate of drug-likeness (QED) is 0.142. The molecule has 0 aliphatic carbocycles. The lowest BCUT2D eigenvalue weighted by atomic mass is 9.90. The van der Waals surface area contributed by atoms with Crippen molar-refractivity contribution in [2.24, 2.45) is 5.92 Å². The van der Waals surface area contributed by atoms with E-state index in [0.717, 1.165) is 32.0 Å². The van der Waals surface area contributed by atoms with Crippen molar-refractivity contribution in [3.05, 3.63) is 0 Å². The van der Waals surface area contributed by atoms with Crippen LogP contribution in [0.4, 0.5) is 0 Å². The Labute approximate surface area is 174 Å². The highest BCUT2D eigenvalue weighted by Gasteiger charge is 2.17. The number of ketones is 2. The Kier molecular flexibility index (Phi) is 20.0. The minimum atomic E-state index is -0.0772. The number of carbonyl (C=O) groups is 3. The molecule has 0 atom stereocenters. The van der Waals surface area contributed by atoms with E-state index < -0.39 is 0 Å². The third-order valence-electron chi connectivity index (χ3n) is 5.58. The summed E-state index contributed by atoms with van der Waals surface area (Å²) in [6.07, 6.45) is 20.0. The summed E-state index contributed by atoms with van der Waals surface area (Å²) in [6.45, 7) is 4.43. The van der Waals surface area contributed by atoms with Gasteiger partial charge in [-0.05, 0) is 18.8 Å². The largest absolute Gasteiger partial charge is 0.303 e. The minimum absolute atomic E-state index is 0.0772. The van der Waals surface area contributed by atoms with Crippen molar-refractivity contribution in [1.29, 1.82) is 0 Å². The van der Waals surface area contributed by atoms with Gasteiger partial charge in [-0.25, -0.2) is 0 Å². The van der Waals surface area contributed by atoms with Gasteiger partial charge in [-0.2, -0.15) is 0 Å². The summed E-state index contributed by atoms with van der Waals surface area (Å²) in [5.74, 6) is 0.375. The van der Waals surface area contributed by atoms with Crippen LogP contribution in [0.15, 0.2) is 0 Å². The van der Waals surface area contributed by atoms with Crippen LogP contribution in [0.2, 0.25) is 0 Å². The second kappa shape index (κ2) is 20.7. The Bertz CT molecular complexity index is 357. The van der Waals surface area contributed by atoms with Crippen molar-refractivity contribution in [3.8, 4) is 0 Å². The lowest BCUT2D eigenvalue weighted by molar-refractivity contribution is -0.122. The first kappa shape index (κ1) is 27.0. The molecular formula is C25H46O3. The van der Waals surface area contributed by atoms with Crippen molar-refractivity contribution < 1.29 is 14.4 Å². The molecule has 0 N–H and O–H groups in total. The molecule has 0 aliphatic rings. The Morgan fingerprint density at radius 2 is 0.964 bits per heavy atom. The van der Waals surface area contributed by atoms with Crippen LogP contribution in [-0.4, -0.2) is 17.9 Å². The highest BCUT2D eigenvalue weighted by atomic mass is 16.1. The highest BCUT2D eigenvalue weighted by Crippen LogP contribution is 2.18. The zero-order valence-corrected chi connectivity index (χ0v) is 18.8. The van der Waals surface area contributed by atoms with E-state index in [-0.39, 0.29) is 17.5 Å². The normalized spacial score (nSPS) is 11.1. The SMILES string of the molecule is CCCCCCCCCC(=O)CC(CC=O)CC(=O)CCCCCCCCC. The van der Waals surface area contributed by atoms with Gasteiger partial charge in [-0.1, -0.05) is 90.9 Å². The van der Waals surface area contributed by atoms with Crippen molar-refractivity contribution in [1.82, 2.24) is 0 Å². The van der Waals surface area contributed by atoms with E-state index in [2.05, 4.69) is 13.8 Å². The lowest BCUT2D eigenvalue weighted by Crippen LogP contribution is -2.14.